The van der Waals surface area contributed by atoms with Gasteiger partial charge in [0.25, 0.3) is 5.69 Å². The van der Waals surface area contributed by atoms with E-state index < -0.39 is 14.9 Å². The van der Waals surface area contributed by atoms with Crippen LogP contribution >= 0.6 is 0 Å². The third-order valence-electron chi connectivity index (χ3n) is 2.69. The number of benzene rings is 1. The summed E-state index contributed by atoms with van der Waals surface area (Å²) in [5.74, 6) is 5.23. The zero-order chi connectivity index (χ0) is 15.9. The van der Waals surface area contributed by atoms with Crippen molar-refractivity contribution in [2.75, 3.05) is 25.7 Å². The van der Waals surface area contributed by atoms with Gasteiger partial charge in [0.1, 0.15) is 4.90 Å². The Labute approximate surface area is 122 Å². The molecule has 10 heteroatoms. The fraction of sp³-hybridized carbons (Fsp3) is 0.455. The molecule has 0 radical (unpaired) electrons. The Kier molecular flexibility index (Phi) is 6.49. The van der Waals surface area contributed by atoms with Crippen molar-refractivity contribution in [1.29, 1.82) is 0 Å². The van der Waals surface area contributed by atoms with Crippen LogP contribution in [0.25, 0.3) is 0 Å². The fourth-order valence-electron chi connectivity index (χ4n) is 1.63. The third kappa shape index (κ3) is 4.93. The minimum Gasteiger partial charge on any atom is -0.385 e. The van der Waals surface area contributed by atoms with E-state index in [1.54, 1.807) is 7.11 Å². The number of hydrazine groups is 1. The number of methoxy groups -OCH3 is 1. The number of nitrogens with one attached hydrogen (secondary N) is 2. The maximum atomic E-state index is 12.1. The number of unbranched alkanes of at least 4 members (excludes halogenated alkanes) is 1. The minimum atomic E-state index is -3.79. The van der Waals surface area contributed by atoms with Crippen LogP contribution in [0.5, 0.6) is 0 Å². The molecule has 0 aromatic heterocycles. The van der Waals surface area contributed by atoms with Crippen LogP contribution in [-0.2, 0) is 14.8 Å². The Morgan fingerprint density at radius 1 is 1.38 bits per heavy atom. The molecule has 0 aliphatic rings. The summed E-state index contributed by atoms with van der Waals surface area (Å²) >= 11 is 0. The van der Waals surface area contributed by atoms with Crippen LogP contribution < -0.4 is 16.0 Å². The lowest BCUT2D eigenvalue weighted by Crippen LogP contribution is -2.26. The lowest BCUT2D eigenvalue weighted by Gasteiger charge is -2.10. The molecule has 0 spiro atoms. The zero-order valence-corrected chi connectivity index (χ0v) is 12.4. The molecule has 0 saturated heterocycles. The Balaban J connectivity index is 2.85. The molecule has 0 aliphatic carbocycles. The highest BCUT2D eigenvalue weighted by Gasteiger charge is 2.20. The molecule has 0 unspecified atom stereocenters. The van der Waals surface area contributed by atoms with Crippen molar-refractivity contribution in [3.8, 4) is 0 Å². The minimum absolute atomic E-state index is 0.0337. The van der Waals surface area contributed by atoms with E-state index in [1.807, 2.05) is 0 Å². The number of anilines is 1. The van der Waals surface area contributed by atoms with Crippen LogP contribution in [0.4, 0.5) is 11.4 Å². The number of nitrogen functional groups attached to an aromatic ring is 1. The summed E-state index contributed by atoms with van der Waals surface area (Å²) in [5, 5.41) is 10.7. The molecule has 0 aliphatic heterocycles. The summed E-state index contributed by atoms with van der Waals surface area (Å²) in [5.41, 5.74) is 1.88. The Morgan fingerprint density at radius 3 is 2.67 bits per heavy atom. The number of sulfonamides is 1. The molecule has 0 fully saturated rings. The summed E-state index contributed by atoms with van der Waals surface area (Å²) in [6.07, 6.45) is 1.34. The third-order valence-corrected chi connectivity index (χ3v) is 4.21. The van der Waals surface area contributed by atoms with E-state index in [-0.39, 0.29) is 22.8 Å². The van der Waals surface area contributed by atoms with Gasteiger partial charge in [0.05, 0.1) is 10.6 Å². The number of ether oxygens (including phenoxy) is 1. The fourth-order valence-corrected chi connectivity index (χ4v) is 2.86. The summed E-state index contributed by atoms with van der Waals surface area (Å²) in [4.78, 5) is 9.90. The van der Waals surface area contributed by atoms with Crippen LogP contribution in [0.2, 0.25) is 0 Å². The van der Waals surface area contributed by atoms with E-state index in [4.69, 9.17) is 10.6 Å². The van der Waals surface area contributed by atoms with Gasteiger partial charge < -0.3 is 10.2 Å². The highest BCUT2D eigenvalue weighted by molar-refractivity contribution is 7.89. The van der Waals surface area contributed by atoms with Gasteiger partial charge in [-0.05, 0) is 18.9 Å². The molecule has 1 aromatic rings. The summed E-state index contributed by atoms with van der Waals surface area (Å²) in [7, 11) is -2.22. The Bertz CT molecular complexity index is 590. The van der Waals surface area contributed by atoms with E-state index in [0.29, 0.717) is 13.0 Å². The largest absolute Gasteiger partial charge is 0.385 e. The molecule has 0 heterocycles. The van der Waals surface area contributed by atoms with E-state index in [9.17, 15) is 18.5 Å². The normalized spacial score (nSPS) is 11.3. The first-order valence-corrected chi connectivity index (χ1v) is 7.64. The molecule has 21 heavy (non-hydrogen) atoms. The number of nitrogens with zero attached hydrogens (tertiary/aromatic N) is 1. The standard InChI is InChI=1S/C11H18N4O5S/c1-20-7-3-2-6-13-21(18,19)11-5-4-9(15(16)17)8-10(11)14-12/h4-5,8,13-14H,2-3,6-7,12H2,1H3. The van der Waals surface area contributed by atoms with Crippen LogP contribution in [0.3, 0.4) is 0 Å². The number of hydrogen-bond acceptors (Lipinski definition) is 7. The number of hydrogen-bond donors (Lipinski definition) is 3. The average Bonchev–Trinajstić information content (AvgIpc) is 2.46. The molecular formula is C11H18N4O5S. The summed E-state index contributed by atoms with van der Waals surface area (Å²) in [6, 6.07) is 3.32. The van der Waals surface area contributed by atoms with Crippen molar-refractivity contribution in [3.05, 3.63) is 28.3 Å². The van der Waals surface area contributed by atoms with Gasteiger partial charge in [0.2, 0.25) is 10.0 Å². The molecule has 1 aromatic carbocycles. The van der Waals surface area contributed by atoms with Gasteiger partial charge in [-0.1, -0.05) is 0 Å². The highest BCUT2D eigenvalue weighted by Crippen LogP contribution is 2.25. The number of nitro groups is 1. The molecule has 118 valence electrons. The number of nitrogens with two attached hydrogens (primary N) is 1. The van der Waals surface area contributed by atoms with Gasteiger partial charge in [-0.3, -0.25) is 16.0 Å². The molecule has 0 atom stereocenters. The maximum absolute atomic E-state index is 12.1. The Hall–Kier alpha value is -1.75. The Morgan fingerprint density at radius 2 is 2.10 bits per heavy atom. The second kappa shape index (κ2) is 7.88. The lowest BCUT2D eigenvalue weighted by molar-refractivity contribution is -0.384. The molecule has 0 amide bonds. The van der Waals surface area contributed by atoms with Gasteiger partial charge in [-0.25, -0.2) is 13.1 Å². The average molecular weight is 318 g/mol. The smallest absolute Gasteiger partial charge is 0.271 e. The van der Waals surface area contributed by atoms with Crippen molar-refractivity contribution in [1.82, 2.24) is 4.72 Å². The first kappa shape index (κ1) is 17.3. The van der Waals surface area contributed by atoms with Gasteiger partial charge in [0.15, 0.2) is 0 Å². The van der Waals surface area contributed by atoms with Crippen LogP contribution in [0.15, 0.2) is 23.1 Å². The SMILES string of the molecule is COCCCCNS(=O)(=O)c1ccc([N+](=O)[O-])cc1NN. The topological polar surface area (TPSA) is 137 Å². The number of rotatable bonds is 9. The molecule has 4 N–H and O–H groups in total. The number of nitro benzene ring substituents is 1. The van der Waals surface area contributed by atoms with Gasteiger partial charge in [-0.2, -0.15) is 0 Å². The van der Waals surface area contributed by atoms with Gasteiger partial charge in [-0.15, -0.1) is 0 Å². The van der Waals surface area contributed by atoms with Crippen molar-refractivity contribution in [2.45, 2.75) is 17.7 Å². The van der Waals surface area contributed by atoms with Crippen molar-refractivity contribution < 1.29 is 18.1 Å². The van der Waals surface area contributed by atoms with Crippen molar-refractivity contribution in [3.63, 3.8) is 0 Å². The maximum Gasteiger partial charge on any atom is 0.271 e. The second-order valence-electron chi connectivity index (χ2n) is 4.18. The second-order valence-corrected chi connectivity index (χ2v) is 5.91. The summed E-state index contributed by atoms with van der Waals surface area (Å²) < 4.78 is 31.5. The predicted octanol–water partition coefficient (Wildman–Crippen LogP) is 0.585. The number of non-ortho nitro benzene ring substituents is 1. The van der Waals surface area contributed by atoms with Crippen LogP contribution in [0.1, 0.15) is 12.8 Å². The first-order valence-electron chi connectivity index (χ1n) is 6.16. The molecule has 0 saturated carbocycles. The van der Waals surface area contributed by atoms with Gasteiger partial charge in [0, 0.05) is 32.4 Å². The van der Waals surface area contributed by atoms with E-state index >= 15 is 0 Å². The highest BCUT2D eigenvalue weighted by atomic mass is 32.2. The van der Waals surface area contributed by atoms with E-state index in [1.165, 1.54) is 0 Å². The molecule has 9 nitrogen and oxygen atoms in total. The zero-order valence-electron chi connectivity index (χ0n) is 11.5. The van der Waals surface area contributed by atoms with E-state index in [0.717, 1.165) is 24.6 Å². The molecule has 1 rings (SSSR count). The predicted molar refractivity (Wildman–Crippen MR) is 77.2 cm³/mol. The van der Waals surface area contributed by atoms with Crippen LogP contribution in [0, 0.1) is 10.1 Å². The first-order chi connectivity index (χ1) is 9.92. The van der Waals surface area contributed by atoms with Gasteiger partial charge >= 0.3 is 0 Å². The van der Waals surface area contributed by atoms with Crippen molar-refractivity contribution in [2.24, 2.45) is 5.84 Å². The summed E-state index contributed by atoms with van der Waals surface area (Å²) in [6.45, 7) is 0.793. The van der Waals surface area contributed by atoms with E-state index in [2.05, 4.69) is 10.1 Å². The molecular weight excluding hydrogens is 300 g/mol. The quantitative estimate of drug-likeness (QED) is 0.262. The van der Waals surface area contributed by atoms with Crippen molar-refractivity contribution >= 4 is 21.4 Å². The van der Waals surface area contributed by atoms with Crippen LogP contribution in [-0.4, -0.2) is 33.6 Å². The monoisotopic (exact) mass is 318 g/mol. The lowest BCUT2D eigenvalue weighted by atomic mass is 10.3. The molecule has 0 bridgehead atoms.